The summed E-state index contributed by atoms with van der Waals surface area (Å²) in [5, 5.41) is 7.04. The Morgan fingerprint density at radius 2 is 1.37 bits per heavy atom. The molecule has 2 aromatic rings. The van der Waals surface area contributed by atoms with Gasteiger partial charge in [-0.25, -0.2) is 9.97 Å². The van der Waals surface area contributed by atoms with Crippen molar-refractivity contribution in [2.45, 2.75) is 141 Å². The number of benzene rings is 1. The van der Waals surface area contributed by atoms with Gasteiger partial charge >= 0.3 is 0 Å². The largest absolute Gasteiger partial charge is 0.493 e. The fraction of sp³-hybridized carbons (Fsp3) is 0.706. The lowest BCUT2D eigenvalue weighted by atomic mass is 9.91. The minimum absolute atomic E-state index is 0.0207. The van der Waals surface area contributed by atoms with Crippen molar-refractivity contribution in [2.24, 2.45) is 5.92 Å². The molecule has 1 atom stereocenters. The van der Waals surface area contributed by atoms with E-state index in [0.717, 1.165) is 55.4 Å². The van der Waals surface area contributed by atoms with Crippen LogP contribution in [0.25, 0.3) is 11.4 Å². The predicted molar refractivity (Wildman–Crippen MR) is 165 cm³/mol. The number of nitrogens with zero attached hydrogens (tertiary/aromatic N) is 3. The van der Waals surface area contributed by atoms with E-state index in [0.29, 0.717) is 24.4 Å². The van der Waals surface area contributed by atoms with Gasteiger partial charge in [0.05, 0.1) is 12.6 Å². The van der Waals surface area contributed by atoms with Crippen LogP contribution in [0, 0.1) is 5.92 Å². The molecule has 3 aliphatic rings. The van der Waals surface area contributed by atoms with E-state index in [4.69, 9.17) is 9.72 Å². The third-order valence-electron chi connectivity index (χ3n) is 9.34. The van der Waals surface area contributed by atoms with Gasteiger partial charge in [0.25, 0.3) is 0 Å². The van der Waals surface area contributed by atoms with Crippen LogP contribution in [0.15, 0.2) is 24.5 Å². The Hall–Kier alpha value is -2.70. The number of carbonyl (C=O) groups is 1. The Balaban J connectivity index is 1.26. The Labute approximate surface area is 247 Å². The standard InChI is InChI=1S/C34H51N5O2/c40-33(26-16-11-7-3-1-4-8-12-17-26)38-30-20-15-23-41-31-24-27(21-22-29(30)31)32-35-25-36-34(39-32)37-28-18-13-9-5-2-6-10-14-19-28/h21-22,24-26,28,30H,1-20,23H2,(H,38,40)(H,35,36,37,39)/t30-/m1/s1. The average molecular weight is 562 g/mol. The van der Waals surface area contributed by atoms with Crippen LogP contribution in [0.3, 0.4) is 0 Å². The smallest absolute Gasteiger partial charge is 0.226 e. The molecule has 0 radical (unpaired) electrons. The van der Waals surface area contributed by atoms with Gasteiger partial charge in [0, 0.05) is 23.1 Å². The second kappa shape index (κ2) is 16.1. The number of hydrogen-bond donors (Lipinski definition) is 2. The van der Waals surface area contributed by atoms with Crippen molar-refractivity contribution in [1.29, 1.82) is 0 Å². The SMILES string of the molecule is O=C(N[C@@H]1CCCOc2cc(-c3ncnc(NC4CCCCCCCCC4)n3)ccc21)C1CCCCCCCCC1. The van der Waals surface area contributed by atoms with Gasteiger partial charge in [-0.2, -0.15) is 4.98 Å². The van der Waals surface area contributed by atoms with Crippen LogP contribution in [-0.2, 0) is 4.79 Å². The first-order chi connectivity index (χ1) is 20.3. The third-order valence-corrected chi connectivity index (χ3v) is 9.34. The fourth-order valence-corrected chi connectivity index (χ4v) is 6.86. The third kappa shape index (κ3) is 9.14. The van der Waals surface area contributed by atoms with Crippen LogP contribution in [-0.4, -0.2) is 33.5 Å². The van der Waals surface area contributed by atoms with Gasteiger partial charge in [-0.05, 0) is 44.6 Å². The van der Waals surface area contributed by atoms with Gasteiger partial charge < -0.3 is 15.4 Å². The normalized spacial score (nSPS) is 22.4. The van der Waals surface area contributed by atoms with E-state index in [9.17, 15) is 4.79 Å². The summed E-state index contributed by atoms with van der Waals surface area (Å²) in [5.41, 5.74) is 1.98. The van der Waals surface area contributed by atoms with Crippen molar-refractivity contribution >= 4 is 11.9 Å². The average Bonchev–Trinajstić information content (AvgIpc) is 3.20. The van der Waals surface area contributed by atoms with E-state index in [1.54, 1.807) is 6.33 Å². The molecule has 224 valence electrons. The molecule has 0 saturated heterocycles. The highest BCUT2D eigenvalue weighted by Crippen LogP contribution is 2.35. The van der Waals surface area contributed by atoms with Crippen LogP contribution >= 0.6 is 0 Å². The van der Waals surface area contributed by atoms with Crippen molar-refractivity contribution in [3.8, 4) is 17.1 Å². The number of ether oxygens (including phenoxy) is 1. The minimum Gasteiger partial charge on any atom is -0.493 e. The number of hydrogen-bond acceptors (Lipinski definition) is 6. The number of aromatic nitrogens is 3. The summed E-state index contributed by atoms with van der Waals surface area (Å²) in [6, 6.07) is 6.61. The Morgan fingerprint density at radius 3 is 2.05 bits per heavy atom. The first kappa shape index (κ1) is 29.8. The van der Waals surface area contributed by atoms with Gasteiger partial charge in [0.1, 0.15) is 12.1 Å². The minimum atomic E-state index is -0.0207. The zero-order valence-corrected chi connectivity index (χ0v) is 25.0. The van der Waals surface area contributed by atoms with Crippen molar-refractivity contribution in [3.05, 3.63) is 30.1 Å². The molecule has 1 aromatic carbocycles. The Bertz CT molecular complexity index is 1070. The van der Waals surface area contributed by atoms with Crippen molar-refractivity contribution in [1.82, 2.24) is 20.3 Å². The molecule has 1 aromatic heterocycles. The molecule has 0 bridgehead atoms. The molecule has 1 aliphatic heterocycles. The number of anilines is 1. The van der Waals surface area contributed by atoms with E-state index in [2.05, 4.69) is 32.7 Å². The van der Waals surface area contributed by atoms with Crippen molar-refractivity contribution < 1.29 is 9.53 Å². The first-order valence-corrected chi connectivity index (χ1v) is 16.8. The topological polar surface area (TPSA) is 89.0 Å². The molecule has 2 saturated carbocycles. The monoisotopic (exact) mass is 561 g/mol. The number of rotatable bonds is 5. The van der Waals surface area contributed by atoms with Crippen LogP contribution in [0.4, 0.5) is 5.95 Å². The van der Waals surface area contributed by atoms with Gasteiger partial charge in [-0.3, -0.25) is 4.79 Å². The van der Waals surface area contributed by atoms with Gasteiger partial charge in [-0.15, -0.1) is 0 Å². The quantitative estimate of drug-likeness (QED) is 0.382. The van der Waals surface area contributed by atoms with Gasteiger partial charge in [-0.1, -0.05) is 102 Å². The molecule has 0 spiro atoms. The highest BCUT2D eigenvalue weighted by Gasteiger charge is 2.26. The molecule has 41 heavy (non-hydrogen) atoms. The summed E-state index contributed by atoms with van der Waals surface area (Å²) in [6.45, 7) is 0.651. The van der Waals surface area contributed by atoms with E-state index in [-0.39, 0.29) is 17.9 Å². The lowest BCUT2D eigenvalue weighted by Gasteiger charge is -2.23. The molecule has 7 nitrogen and oxygen atoms in total. The summed E-state index contributed by atoms with van der Waals surface area (Å²) in [7, 11) is 0. The lowest BCUT2D eigenvalue weighted by Crippen LogP contribution is -2.34. The van der Waals surface area contributed by atoms with E-state index in [1.807, 2.05) is 6.07 Å². The molecule has 2 fully saturated rings. The van der Waals surface area contributed by atoms with E-state index < -0.39 is 0 Å². The molecule has 0 unspecified atom stereocenters. The summed E-state index contributed by atoms with van der Waals surface area (Å²) >= 11 is 0. The zero-order valence-electron chi connectivity index (χ0n) is 25.0. The molecule has 2 aliphatic carbocycles. The fourth-order valence-electron chi connectivity index (χ4n) is 6.86. The molecule has 1 amide bonds. The summed E-state index contributed by atoms with van der Waals surface area (Å²) in [6.07, 6.45) is 25.8. The first-order valence-electron chi connectivity index (χ1n) is 16.8. The summed E-state index contributed by atoms with van der Waals surface area (Å²) in [4.78, 5) is 27.2. The van der Waals surface area contributed by atoms with Crippen LogP contribution < -0.4 is 15.4 Å². The zero-order chi connectivity index (χ0) is 28.1. The Morgan fingerprint density at radius 1 is 0.732 bits per heavy atom. The predicted octanol–water partition coefficient (Wildman–Crippen LogP) is 8.31. The number of amides is 1. The van der Waals surface area contributed by atoms with Crippen LogP contribution in [0.1, 0.15) is 140 Å². The van der Waals surface area contributed by atoms with Crippen molar-refractivity contribution in [2.75, 3.05) is 11.9 Å². The highest BCUT2D eigenvalue weighted by atomic mass is 16.5. The maximum atomic E-state index is 13.4. The van der Waals surface area contributed by atoms with Gasteiger partial charge in [0.15, 0.2) is 5.82 Å². The lowest BCUT2D eigenvalue weighted by molar-refractivity contribution is -0.126. The molecular formula is C34H51N5O2. The Kier molecular flexibility index (Phi) is 11.7. The molecular weight excluding hydrogens is 510 g/mol. The second-order valence-corrected chi connectivity index (χ2v) is 12.6. The van der Waals surface area contributed by atoms with Gasteiger partial charge in [0.2, 0.25) is 11.9 Å². The van der Waals surface area contributed by atoms with E-state index >= 15 is 0 Å². The highest BCUT2D eigenvalue weighted by molar-refractivity contribution is 5.79. The molecule has 2 heterocycles. The van der Waals surface area contributed by atoms with Crippen LogP contribution in [0.5, 0.6) is 5.75 Å². The second-order valence-electron chi connectivity index (χ2n) is 12.6. The van der Waals surface area contributed by atoms with Crippen LogP contribution in [0.2, 0.25) is 0 Å². The maximum absolute atomic E-state index is 13.4. The molecule has 2 N–H and O–H groups in total. The maximum Gasteiger partial charge on any atom is 0.226 e. The van der Waals surface area contributed by atoms with Crippen molar-refractivity contribution in [3.63, 3.8) is 0 Å². The number of carbonyl (C=O) groups excluding carboxylic acids is 1. The molecule has 7 heteroatoms. The molecule has 5 rings (SSSR count). The number of nitrogens with one attached hydrogen (secondary N) is 2. The summed E-state index contributed by atoms with van der Waals surface area (Å²) < 4.78 is 6.20. The number of fused-ring (bicyclic) bond motifs is 1. The summed E-state index contributed by atoms with van der Waals surface area (Å²) in [5.74, 6) is 2.49. The van der Waals surface area contributed by atoms with E-state index in [1.165, 1.54) is 89.9 Å².